The summed E-state index contributed by atoms with van der Waals surface area (Å²) in [7, 11) is 0. The van der Waals surface area contributed by atoms with E-state index < -0.39 is 0 Å². The van der Waals surface area contributed by atoms with Gasteiger partial charge in [-0.2, -0.15) is 10.1 Å². The van der Waals surface area contributed by atoms with Gasteiger partial charge in [0.05, 0.1) is 13.1 Å². The Hall–Kier alpha value is -2.47. The Morgan fingerprint density at radius 2 is 2.09 bits per heavy atom. The maximum absolute atomic E-state index is 5.28. The van der Waals surface area contributed by atoms with Gasteiger partial charge in [-0.1, -0.05) is 35.5 Å². The number of hydrogen-bond donors (Lipinski definition) is 1. The molecule has 0 radical (unpaired) electrons. The molecule has 22 heavy (non-hydrogen) atoms. The van der Waals surface area contributed by atoms with Crippen molar-refractivity contribution in [2.45, 2.75) is 32.5 Å². The van der Waals surface area contributed by atoms with E-state index in [1.165, 1.54) is 5.56 Å². The van der Waals surface area contributed by atoms with Crippen molar-refractivity contribution >= 4 is 0 Å². The summed E-state index contributed by atoms with van der Waals surface area (Å²) in [4.78, 5) is 4.41. The van der Waals surface area contributed by atoms with Crippen LogP contribution < -0.4 is 5.32 Å². The molecule has 1 atom stereocenters. The molecule has 0 fully saturated rings. The first-order valence-corrected chi connectivity index (χ1v) is 7.36. The van der Waals surface area contributed by atoms with Gasteiger partial charge < -0.3 is 9.84 Å². The second-order valence-electron chi connectivity index (χ2n) is 5.28. The number of aromatic nitrogens is 4. The van der Waals surface area contributed by atoms with E-state index in [4.69, 9.17) is 4.52 Å². The SMILES string of the molecule is C[C@H](Cn1cccn1)NCc1nc(Cc2ccccc2)no1. The smallest absolute Gasteiger partial charge is 0.240 e. The van der Waals surface area contributed by atoms with Crippen molar-refractivity contribution in [3.8, 4) is 0 Å². The average molecular weight is 297 g/mol. The highest BCUT2D eigenvalue weighted by Crippen LogP contribution is 2.06. The minimum atomic E-state index is 0.268. The summed E-state index contributed by atoms with van der Waals surface area (Å²) in [5.41, 5.74) is 1.18. The maximum atomic E-state index is 5.28. The lowest BCUT2D eigenvalue weighted by molar-refractivity contribution is 0.347. The molecular weight excluding hydrogens is 278 g/mol. The molecule has 0 aliphatic rings. The first-order chi connectivity index (χ1) is 10.8. The standard InChI is InChI=1S/C16H19N5O/c1-13(12-21-9-5-8-18-21)17-11-16-19-15(20-22-16)10-14-6-3-2-4-7-14/h2-9,13,17H,10-12H2,1H3/t13-/m1/s1. The Morgan fingerprint density at radius 1 is 1.23 bits per heavy atom. The van der Waals surface area contributed by atoms with E-state index in [0.29, 0.717) is 24.7 Å². The summed E-state index contributed by atoms with van der Waals surface area (Å²) in [6.45, 7) is 3.46. The largest absolute Gasteiger partial charge is 0.338 e. The topological polar surface area (TPSA) is 68.8 Å². The van der Waals surface area contributed by atoms with Gasteiger partial charge in [0.15, 0.2) is 5.82 Å². The van der Waals surface area contributed by atoms with Crippen LogP contribution in [0.3, 0.4) is 0 Å². The Bertz CT molecular complexity index is 678. The zero-order valence-electron chi connectivity index (χ0n) is 12.5. The van der Waals surface area contributed by atoms with Crippen molar-refractivity contribution in [1.82, 2.24) is 25.2 Å². The molecule has 0 saturated carbocycles. The van der Waals surface area contributed by atoms with E-state index in [2.05, 4.69) is 39.6 Å². The van der Waals surface area contributed by atoms with Gasteiger partial charge >= 0.3 is 0 Å². The summed E-state index contributed by atoms with van der Waals surface area (Å²) in [6.07, 6.45) is 4.41. The third-order valence-electron chi connectivity index (χ3n) is 3.34. The maximum Gasteiger partial charge on any atom is 0.240 e. The van der Waals surface area contributed by atoms with Gasteiger partial charge in [-0.05, 0) is 18.6 Å². The Kier molecular flexibility index (Phi) is 4.60. The molecule has 114 valence electrons. The highest BCUT2D eigenvalue weighted by Gasteiger charge is 2.09. The fourth-order valence-electron chi connectivity index (χ4n) is 2.23. The Morgan fingerprint density at radius 3 is 2.86 bits per heavy atom. The van der Waals surface area contributed by atoms with Crippen LogP contribution in [-0.4, -0.2) is 26.0 Å². The van der Waals surface area contributed by atoms with Gasteiger partial charge in [0.1, 0.15) is 0 Å². The molecular formula is C16H19N5O. The molecule has 6 nitrogen and oxygen atoms in total. The summed E-state index contributed by atoms with van der Waals surface area (Å²) < 4.78 is 7.17. The predicted octanol–water partition coefficient (Wildman–Crippen LogP) is 2.04. The summed E-state index contributed by atoms with van der Waals surface area (Å²) >= 11 is 0. The molecule has 3 rings (SSSR count). The van der Waals surface area contributed by atoms with Gasteiger partial charge in [-0.15, -0.1) is 0 Å². The number of rotatable bonds is 7. The van der Waals surface area contributed by atoms with E-state index in [0.717, 1.165) is 6.54 Å². The Balaban J connectivity index is 1.49. The lowest BCUT2D eigenvalue weighted by Gasteiger charge is -2.11. The molecule has 0 aliphatic carbocycles. The summed E-state index contributed by atoms with van der Waals surface area (Å²) in [6, 6.07) is 12.3. The fourth-order valence-corrected chi connectivity index (χ4v) is 2.23. The van der Waals surface area contributed by atoms with Crippen LogP contribution in [-0.2, 0) is 19.5 Å². The third kappa shape index (κ3) is 4.02. The summed E-state index contributed by atoms with van der Waals surface area (Å²) in [5.74, 6) is 1.32. The van der Waals surface area contributed by atoms with Gasteiger partial charge in [-0.25, -0.2) is 0 Å². The summed E-state index contributed by atoms with van der Waals surface area (Å²) in [5, 5.41) is 11.6. The molecule has 0 spiro atoms. The lowest BCUT2D eigenvalue weighted by atomic mass is 10.1. The Labute approximate surface area is 129 Å². The second-order valence-corrected chi connectivity index (χ2v) is 5.28. The molecule has 2 aromatic heterocycles. The highest BCUT2D eigenvalue weighted by atomic mass is 16.5. The molecule has 1 N–H and O–H groups in total. The van der Waals surface area contributed by atoms with Crippen LogP contribution >= 0.6 is 0 Å². The monoisotopic (exact) mass is 297 g/mol. The number of hydrogen-bond acceptors (Lipinski definition) is 5. The van der Waals surface area contributed by atoms with Gasteiger partial charge in [0.25, 0.3) is 0 Å². The van der Waals surface area contributed by atoms with E-state index >= 15 is 0 Å². The molecule has 0 amide bonds. The normalized spacial score (nSPS) is 12.4. The fraction of sp³-hybridized carbons (Fsp3) is 0.312. The average Bonchev–Trinajstić information content (AvgIpc) is 3.18. The van der Waals surface area contributed by atoms with Crippen LogP contribution in [0.2, 0.25) is 0 Å². The van der Waals surface area contributed by atoms with Crippen LogP contribution in [0.4, 0.5) is 0 Å². The molecule has 3 aromatic rings. The van der Waals surface area contributed by atoms with Crippen molar-refractivity contribution in [2.75, 3.05) is 0 Å². The molecule has 2 heterocycles. The first-order valence-electron chi connectivity index (χ1n) is 7.36. The van der Waals surface area contributed by atoms with E-state index in [9.17, 15) is 0 Å². The van der Waals surface area contributed by atoms with Crippen molar-refractivity contribution in [3.63, 3.8) is 0 Å². The molecule has 1 aromatic carbocycles. The third-order valence-corrected chi connectivity index (χ3v) is 3.34. The van der Waals surface area contributed by atoms with Crippen molar-refractivity contribution in [1.29, 1.82) is 0 Å². The van der Waals surface area contributed by atoms with Crippen molar-refractivity contribution < 1.29 is 4.52 Å². The molecule has 0 bridgehead atoms. The van der Waals surface area contributed by atoms with Gasteiger partial charge in [-0.3, -0.25) is 4.68 Å². The number of nitrogens with one attached hydrogen (secondary N) is 1. The van der Waals surface area contributed by atoms with Crippen LogP contribution in [0, 0.1) is 0 Å². The van der Waals surface area contributed by atoms with Crippen LogP contribution in [0.15, 0.2) is 53.3 Å². The number of nitrogens with zero attached hydrogens (tertiary/aromatic N) is 4. The minimum absolute atomic E-state index is 0.268. The molecule has 0 unspecified atom stereocenters. The molecule has 0 saturated heterocycles. The van der Waals surface area contributed by atoms with E-state index in [-0.39, 0.29) is 6.04 Å². The minimum Gasteiger partial charge on any atom is -0.338 e. The van der Waals surface area contributed by atoms with Crippen LogP contribution in [0.1, 0.15) is 24.2 Å². The van der Waals surface area contributed by atoms with Crippen LogP contribution in [0.25, 0.3) is 0 Å². The highest BCUT2D eigenvalue weighted by molar-refractivity contribution is 5.18. The second kappa shape index (κ2) is 7.00. The predicted molar refractivity (Wildman–Crippen MR) is 82.1 cm³/mol. The van der Waals surface area contributed by atoms with Gasteiger partial charge in [0, 0.05) is 24.9 Å². The van der Waals surface area contributed by atoms with Gasteiger partial charge in [0.2, 0.25) is 5.89 Å². The number of benzene rings is 1. The molecule has 6 heteroatoms. The first kappa shape index (κ1) is 14.5. The van der Waals surface area contributed by atoms with E-state index in [1.807, 2.05) is 35.1 Å². The van der Waals surface area contributed by atoms with Crippen molar-refractivity contribution in [2.24, 2.45) is 0 Å². The van der Waals surface area contributed by atoms with Crippen LogP contribution in [0.5, 0.6) is 0 Å². The zero-order valence-corrected chi connectivity index (χ0v) is 12.5. The molecule has 0 aliphatic heterocycles. The lowest BCUT2D eigenvalue weighted by Crippen LogP contribution is -2.30. The zero-order chi connectivity index (χ0) is 15.2. The van der Waals surface area contributed by atoms with E-state index in [1.54, 1.807) is 6.20 Å². The van der Waals surface area contributed by atoms with Crippen molar-refractivity contribution in [3.05, 3.63) is 66.1 Å². The quantitative estimate of drug-likeness (QED) is 0.722.